The Hall–Kier alpha value is -1.31. The summed E-state index contributed by atoms with van der Waals surface area (Å²) in [5.74, 6) is -1.31. The fourth-order valence-corrected chi connectivity index (χ4v) is 1.59. The molecule has 0 heterocycles. The van der Waals surface area contributed by atoms with Crippen molar-refractivity contribution in [2.24, 2.45) is 5.92 Å². The predicted molar refractivity (Wildman–Crippen MR) is 77.6 cm³/mol. The number of carbonyl (C=O) groups excluding carboxylic acids is 1. The number of rotatable bonds is 5. The Labute approximate surface area is 119 Å². The van der Waals surface area contributed by atoms with Crippen LogP contribution >= 0.6 is 22.6 Å². The van der Waals surface area contributed by atoms with Crippen LogP contribution in [-0.2, 0) is 4.79 Å². The first-order valence-electron chi connectivity index (χ1n) is 5.52. The van der Waals surface area contributed by atoms with Gasteiger partial charge in [0.15, 0.2) is 0 Å². The van der Waals surface area contributed by atoms with Crippen molar-refractivity contribution in [3.05, 3.63) is 27.8 Å². The molecule has 5 nitrogen and oxygen atoms in total. The lowest BCUT2D eigenvalue weighted by atomic mass is 10.1. The summed E-state index contributed by atoms with van der Waals surface area (Å²) in [5, 5.41) is 14.0. The van der Waals surface area contributed by atoms with Gasteiger partial charge in [-0.25, -0.2) is 4.79 Å². The number of carbonyl (C=O) groups is 2. The fraction of sp³-hybridized carbons (Fsp3) is 0.333. The van der Waals surface area contributed by atoms with E-state index >= 15 is 0 Å². The number of carboxylic acids is 1. The molecule has 1 rings (SSSR count). The van der Waals surface area contributed by atoms with E-state index in [1.807, 2.05) is 12.1 Å². The summed E-state index contributed by atoms with van der Waals surface area (Å²) in [5.41, 5.74) is 0.708. The second-order valence-electron chi connectivity index (χ2n) is 3.92. The SMILES string of the molecule is CC(CCNC(=O)Nc1ccc(I)cc1)C(=O)O. The number of hydrogen-bond donors (Lipinski definition) is 3. The number of carboxylic acid groups (broad SMARTS) is 1. The average molecular weight is 362 g/mol. The van der Waals surface area contributed by atoms with Crippen LogP contribution in [0.3, 0.4) is 0 Å². The third kappa shape index (κ3) is 5.35. The van der Waals surface area contributed by atoms with Crippen LogP contribution in [-0.4, -0.2) is 23.7 Å². The third-order valence-corrected chi connectivity index (χ3v) is 3.11. The van der Waals surface area contributed by atoms with Crippen molar-refractivity contribution in [3.8, 4) is 0 Å². The van der Waals surface area contributed by atoms with Crippen molar-refractivity contribution in [3.63, 3.8) is 0 Å². The number of anilines is 1. The minimum absolute atomic E-state index is 0.325. The van der Waals surface area contributed by atoms with Crippen molar-refractivity contribution in [1.82, 2.24) is 5.32 Å². The van der Waals surface area contributed by atoms with Gasteiger partial charge < -0.3 is 15.7 Å². The zero-order valence-corrected chi connectivity index (χ0v) is 12.1. The number of amides is 2. The van der Waals surface area contributed by atoms with E-state index in [1.54, 1.807) is 19.1 Å². The minimum atomic E-state index is -0.852. The van der Waals surface area contributed by atoms with Gasteiger partial charge in [0.25, 0.3) is 0 Å². The largest absolute Gasteiger partial charge is 0.481 e. The summed E-state index contributed by atoms with van der Waals surface area (Å²) in [4.78, 5) is 22.0. The number of urea groups is 1. The van der Waals surface area contributed by atoms with Crippen molar-refractivity contribution in [2.75, 3.05) is 11.9 Å². The van der Waals surface area contributed by atoms with E-state index in [4.69, 9.17) is 5.11 Å². The van der Waals surface area contributed by atoms with E-state index < -0.39 is 11.9 Å². The zero-order chi connectivity index (χ0) is 13.5. The van der Waals surface area contributed by atoms with Crippen LogP contribution in [0.25, 0.3) is 0 Å². The van der Waals surface area contributed by atoms with Crippen molar-refractivity contribution < 1.29 is 14.7 Å². The van der Waals surface area contributed by atoms with E-state index in [0.29, 0.717) is 18.7 Å². The zero-order valence-electron chi connectivity index (χ0n) is 9.94. The Morgan fingerprint density at radius 1 is 1.33 bits per heavy atom. The van der Waals surface area contributed by atoms with Crippen LogP contribution in [0.2, 0.25) is 0 Å². The normalized spacial score (nSPS) is 11.7. The van der Waals surface area contributed by atoms with Gasteiger partial charge in [-0.1, -0.05) is 6.92 Å². The average Bonchev–Trinajstić information content (AvgIpc) is 2.32. The summed E-state index contributed by atoms with van der Waals surface area (Å²) in [6.45, 7) is 1.95. The molecule has 0 spiro atoms. The van der Waals surface area contributed by atoms with Crippen LogP contribution in [0.4, 0.5) is 10.5 Å². The lowest BCUT2D eigenvalue weighted by Gasteiger charge is -2.09. The highest BCUT2D eigenvalue weighted by molar-refractivity contribution is 14.1. The maximum absolute atomic E-state index is 11.5. The molecule has 0 aliphatic heterocycles. The number of benzene rings is 1. The maximum atomic E-state index is 11.5. The summed E-state index contributed by atoms with van der Waals surface area (Å²) in [7, 11) is 0. The molecule has 2 amide bonds. The molecule has 1 aromatic carbocycles. The van der Waals surface area contributed by atoms with E-state index in [-0.39, 0.29) is 6.03 Å². The number of hydrogen-bond acceptors (Lipinski definition) is 2. The molecular formula is C12H15IN2O3. The molecular weight excluding hydrogens is 347 g/mol. The van der Waals surface area contributed by atoms with E-state index in [9.17, 15) is 9.59 Å². The number of halogens is 1. The molecule has 0 saturated carbocycles. The first-order valence-corrected chi connectivity index (χ1v) is 6.60. The van der Waals surface area contributed by atoms with Crippen LogP contribution in [0.1, 0.15) is 13.3 Å². The molecule has 1 atom stereocenters. The number of aliphatic carboxylic acids is 1. The van der Waals surface area contributed by atoms with E-state index in [0.717, 1.165) is 3.57 Å². The summed E-state index contributed by atoms with van der Waals surface area (Å²) >= 11 is 2.18. The van der Waals surface area contributed by atoms with Gasteiger partial charge in [0.1, 0.15) is 0 Å². The van der Waals surface area contributed by atoms with E-state index in [1.165, 1.54) is 0 Å². The Balaban J connectivity index is 2.30. The van der Waals surface area contributed by atoms with Gasteiger partial charge in [-0.15, -0.1) is 0 Å². The lowest BCUT2D eigenvalue weighted by Crippen LogP contribution is -2.31. The minimum Gasteiger partial charge on any atom is -0.481 e. The molecule has 6 heteroatoms. The molecule has 0 aliphatic carbocycles. The van der Waals surface area contributed by atoms with Gasteiger partial charge in [-0.05, 0) is 53.3 Å². The van der Waals surface area contributed by atoms with Crippen LogP contribution < -0.4 is 10.6 Å². The molecule has 3 N–H and O–H groups in total. The fourth-order valence-electron chi connectivity index (χ4n) is 1.23. The van der Waals surface area contributed by atoms with Crippen molar-refractivity contribution in [1.29, 1.82) is 0 Å². The molecule has 1 aromatic rings. The van der Waals surface area contributed by atoms with Gasteiger partial charge in [-0.2, -0.15) is 0 Å². The molecule has 0 bridgehead atoms. The van der Waals surface area contributed by atoms with E-state index in [2.05, 4.69) is 33.2 Å². The highest BCUT2D eigenvalue weighted by atomic mass is 127. The number of nitrogens with one attached hydrogen (secondary N) is 2. The van der Waals surface area contributed by atoms with Gasteiger partial charge in [0.05, 0.1) is 5.92 Å². The quantitative estimate of drug-likeness (QED) is 0.705. The van der Waals surface area contributed by atoms with Crippen LogP contribution in [0.15, 0.2) is 24.3 Å². The predicted octanol–water partition coefficient (Wildman–Crippen LogP) is 2.52. The maximum Gasteiger partial charge on any atom is 0.319 e. The Morgan fingerprint density at radius 2 is 1.94 bits per heavy atom. The van der Waals surface area contributed by atoms with Gasteiger partial charge in [0, 0.05) is 15.8 Å². The highest BCUT2D eigenvalue weighted by Gasteiger charge is 2.10. The Bertz CT molecular complexity index is 420. The Morgan fingerprint density at radius 3 is 2.50 bits per heavy atom. The molecule has 0 aliphatic rings. The first-order chi connectivity index (χ1) is 8.49. The lowest BCUT2D eigenvalue weighted by molar-refractivity contribution is -0.141. The van der Waals surface area contributed by atoms with Crippen molar-refractivity contribution in [2.45, 2.75) is 13.3 Å². The standard InChI is InChI=1S/C12H15IN2O3/c1-8(11(16)17)6-7-14-12(18)15-10-4-2-9(13)3-5-10/h2-5,8H,6-7H2,1H3,(H,16,17)(H2,14,15,18). The molecule has 1 unspecified atom stereocenters. The van der Waals surface area contributed by atoms with Gasteiger partial charge >= 0.3 is 12.0 Å². The van der Waals surface area contributed by atoms with Crippen LogP contribution in [0.5, 0.6) is 0 Å². The van der Waals surface area contributed by atoms with Gasteiger partial charge in [0.2, 0.25) is 0 Å². The molecule has 0 fully saturated rings. The summed E-state index contributed by atoms with van der Waals surface area (Å²) < 4.78 is 1.09. The summed E-state index contributed by atoms with van der Waals surface area (Å²) in [6, 6.07) is 7.07. The molecule has 18 heavy (non-hydrogen) atoms. The molecule has 98 valence electrons. The van der Waals surface area contributed by atoms with Crippen molar-refractivity contribution >= 4 is 40.3 Å². The molecule has 0 saturated heterocycles. The third-order valence-electron chi connectivity index (χ3n) is 2.39. The Kier molecular flexibility index (Phi) is 5.90. The summed E-state index contributed by atoms with van der Waals surface area (Å²) in [6.07, 6.45) is 0.412. The smallest absolute Gasteiger partial charge is 0.319 e. The highest BCUT2D eigenvalue weighted by Crippen LogP contribution is 2.10. The molecule has 0 aromatic heterocycles. The second-order valence-corrected chi connectivity index (χ2v) is 5.16. The topological polar surface area (TPSA) is 78.4 Å². The second kappa shape index (κ2) is 7.20. The van der Waals surface area contributed by atoms with Gasteiger partial charge in [-0.3, -0.25) is 4.79 Å². The molecule has 0 radical (unpaired) electrons. The monoisotopic (exact) mass is 362 g/mol. The first kappa shape index (κ1) is 14.7. The van der Waals surface area contributed by atoms with Crippen LogP contribution in [0, 0.1) is 9.49 Å².